The first-order valence-electron chi connectivity index (χ1n) is 6.87. The highest BCUT2D eigenvalue weighted by molar-refractivity contribution is 5.88. The normalized spacial score (nSPS) is 23.4. The Labute approximate surface area is 113 Å². The number of anilines is 1. The van der Waals surface area contributed by atoms with E-state index in [4.69, 9.17) is 0 Å². The van der Waals surface area contributed by atoms with Gasteiger partial charge in [0.2, 0.25) is 0 Å². The number of nitrogens with zero attached hydrogens (tertiary/aromatic N) is 2. The molecule has 1 saturated carbocycles. The third kappa shape index (κ3) is 3.47. The number of aliphatic hydroxyl groups excluding tert-OH is 1. The van der Waals surface area contributed by atoms with Crippen LogP contribution in [-0.2, 0) is 0 Å². The lowest BCUT2D eigenvalue weighted by atomic mass is 9.93. The summed E-state index contributed by atoms with van der Waals surface area (Å²) in [6.45, 7) is 4.00. The van der Waals surface area contributed by atoms with Gasteiger partial charge in [0.25, 0.3) is 0 Å². The predicted molar refractivity (Wildman–Crippen MR) is 73.0 cm³/mol. The SMILES string of the molecule is CC(C)n1nccc1NC(=O)NC1CCCCC1O. The Morgan fingerprint density at radius 3 is 2.89 bits per heavy atom. The third-order valence-electron chi connectivity index (χ3n) is 3.45. The van der Waals surface area contributed by atoms with Gasteiger partial charge < -0.3 is 10.4 Å². The van der Waals surface area contributed by atoms with Crippen molar-refractivity contribution in [3.05, 3.63) is 12.3 Å². The zero-order chi connectivity index (χ0) is 13.8. The molecule has 0 aromatic carbocycles. The van der Waals surface area contributed by atoms with E-state index in [0.717, 1.165) is 25.7 Å². The van der Waals surface area contributed by atoms with E-state index in [9.17, 15) is 9.90 Å². The topological polar surface area (TPSA) is 79.2 Å². The van der Waals surface area contributed by atoms with Crippen LogP contribution in [0.15, 0.2) is 12.3 Å². The van der Waals surface area contributed by atoms with Crippen molar-refractivity contribution in [2.45, 2.75) is 57.7 Å². The van der Waals surface area contributed by atoms with Crippen LogP contribution in [0.25, 0.3) is 0 Å². The third-order valence-corrected chi connectivity index (χ3v) is 3.45. The minimum absolute atomic E-state index is 0.149. The number of hydrogen-bond donors (Lipinski definition) is 3. The van der Waals surface area contributed by atoms with Crippen LogP contribution in [0.4, 0.5) is 10.6 Å². The van der Waals surface area contributed by atoms with Crippen molar-refractivity contribution in [1.29, 1.82) is 0 Å². The molecule has 3 N–H and O–H groups in total. The predicted octanol–water partition coefficient (Wildman–Crippen LogP) is 1.89. The molecule has 0 spiro atoms. The number of aliphatic hydroxyl groups is 1. The van der Waals surface area contributed by atoms with Crippen LogP contribution in [0.2, 0.25) is 0 Å². The molecule has 1 heterocycles. The Balaban J connectivity index is 1.92. The number of aromatic nitrogens is 2. The summed E-state index contributed by atoms with van der Waals surface area (Å²) in [4.78, 5) is 11.9. The summed E-state index contributed by atoms with van der Waals surface area (Å²) in [5.74, 6) is 0.665. The summed E-state index contributed by atoms with van der Waals surface area (Å²) in [5.41, 5.74) is 0. The molecule has 1 aliphatic rings. The molecule has 1 fully saturated rings. The van der Waals surface area contributed by atoms with Gasteiger partial charge in [0, 0.05) is 12.1 Å². The molecule has 0 aliphatic heterocycles. The Morgan fingerprint density at radius 2 is 2.21 bits per heavy atom. The molecular formula is C13H22N4O2. The summed E-state index contributed by atoms with van der Waals surface area (Å²) in [5, 5.41) is 19.6. The minimum Gasteiger partial charge on any atom is -0.391 e. The van der Waals surface area contributed by atoms with Crippen molar-refractivity contribution in [3.63, 3.8) is 0 Å². The monoisotopic (exact) mass is 266 g/mol. The number of rotatable bonds is 3. The number of carbonyl (C=O) groups is 1. The number of hydrogen-bond acceptors (Lipinski definition) is 3. The van der Waals surface area contributed by atoms with Gasteiger partial charge >= 0.3 is 6.03 Å². The number of nitrogens with one attached hydrogen (secondary N) is 2. The fraction of sp³-hybridized carbons (Fsp3) is 0.692. The summed E-state index contributed by atoms with van der Waals surface area (Å²) in [7, 11) is 0. The van der Waals surface area contributed by atoms with Gasteiger partial charge in [0.05, 0.1) is 18.3 Å². The Kier molecular flexibility index (Phi) is 4.42. The van der Waals surface area contributed by atoms with Crippen LogP contribution in [0, 0.1) is 0 Å². The molecule has 19 heavy (non-hydrogen) atoms. The van der Waals surface area contributed by atoms with Crippen LogP contribution in [-0.4, -0.2) is 33.1 Å². The first-order chi connectivity index (χ1) is 9.08. The number of urea groups is 1. The molecule has 1 aliphatic carbocycles. The summed E-state index contributed by atoms with van der Waals surface area (Å²) < 4.78 is 1.75. The van der Waals surface area contributed by atoms with E-state index >= 15 is 0 Å². The molecule has 2 unspecified atom stereocenters. The second kappa shape index (κ2) is 6.06. The summed E-state index contributed by atoms with van der Waals surface area (Å²) in [6.07, 6.45) is 4.89. The van der Waals surface area contributed by atoms with E-state index < -0.39 is 6.10 Å². The van der Waals surface area contributed by atoms with Gasteiger partial charge in [0.1, 0.15) is 5.82 Å². The summed E-state index contributed by atoms with van der Waals surface area (Å²) >= 11 is 0. The molecule has 2 rings (SSSR count). The van der Waals surface area contributed by atoms with Gasteiger partial charge in [-0.2, -0.15) is 5.10 Å². The second-order valence-corrected chi connectivity index (χ2v) is 5.31. The molecule has 106 valence electrons. The molecule has 6 nitrogen and oxygen atoms in total. The molecular weight excluding hydrogens is 244 g/mol. The second-order valence-electron chi connectivity index (χ2n) is 5.31. The summed E-state index contributed by atoms with van der Waals surface area (Å²) in [6, 6.07) is 1.51. The van der Waals surface area contributed by atoms with Crippen molar-refractivity contribution in [3.8, 4) is 0 Å². The van der Waals surface area contributed by atoms with Gasteiger partial charge in [-0.3, -0.25) is 5.32 Å². The smallest absolute Gasteiger partial charge is 0.320 e. The molecule has 1 aromatic heterocycles. The van der Waals surface area contributed by atoms with E-state index in [1.54, 1.807) is 16.9 Å². The van der Waals surface area contributed by atoms with Crippen LogP contribution < -0.4 is 10.6 Å². The van der Waals surface area contributed by atoms with Crippen molar-refractivity contribution >= 4 is 11.8 Å². The van der Waals surface area contributed by atoms with E-state index in [0.29, 0.717) is 5.82 Å². The highest BCUT2D eigenvalue weighted by Crippen LogP contribution is 2.18. The maximum atomic E-state index is 11.9. The van der Waals surface area contributed by atoms with E-state index in [1.807, 2.05) is 13.8 Å². The van der Waals surface area contributed by atoms with Crippen LogP contribution in [0.3, 0.4) is 0 Å². The van der Waals surface area contributed by atoms with E-state index in [-0.39, 0.29) is 18.1 Å². The Hall–Kier alpha value is -1.56. The van der Waals surface area contributed by atoms with Gasteiger partial charge in [0.15, 0.2) is 0 Å². The highest BCUT2D eigenvalue weighted by atomic mass is 16.3. The lowest BCUT2D eigenvalue weighted by molar-refractivity contribution is 0.0955. The Morgan fingerprint density at radius 1 is 1.47 bits per heavy atom. The van der Waals surface area contributed by atoms with E-state index in [1.165, 1.54) is 0 Å². The van der Waals surface area contributed by atoms with Crippen molar-refractivity contribution < 1.29 is 9.90 Å². The molecule has 2 amide bonds. The maximum absolute atomic E-state index is 11.9. The Bertz CT molecular complexity index is 430. The van der Waals surface area contributed by atoms with Gasteiger partial charge in [-0.15, -0.1) is 0 Å². The lowest BCUT2D eigenvalue weighted by Gasteiger charge is -2.28. The zero-order valence-corrected chi connectivity index (χ0v) is 11.5. The van der Waals surface area contributed by atoms with E-state index in [2.05, 4.69) is 15.7 Å². The molecule has 0 radical (unpaired) electrons. The van der Waals surface area contributed by atoms with Crippen LogP contribution >= 0.6 is 0 Å². The fourth-order valence-corrected chi connectivity index (χ4v) is 2.43. The average molecular weight is 266 g/mol. The molecule has 2 atom stereocenters. The maximum Gasteiger partial charge on any atom is 0.320 e. The standard InChI is InChI=1S/C13H22N4O2/c1-9(2)17-12(7-8-14-17)16-13(19)15-10-5-3-4-6-11(10)18/h7-11,18H,3-6H2,1-2H3,(H2,15,16,19). The van der Waals surface area contributed by atoms with Gasteiger partial charge in [-0.05, 0) is 26.7 Å². The molecule has 1 aromatic rings. The lowest BCUT2D eigenvalue weighted by Crippen LogP contribution is -2.46. The molecule has 0 saturated heterocycles. The minimum atomic E-state index is -0.436. The fourth-order valence-electron chi connectivity index (χ4n) is 2.43. The van der Waals surface area contributed by atoms with Crippen molar-refractivity contribution in [2.75, 3.05) is 5.32 Å². The first kappa shape index (κ1) is 13.9. The number of carbonyl (C=O) groups excluding carboxylic acids is 1. The molecule has 0 bridgehead atoms. The van der Waals surface area contributed by atoms with Gasteiger partial charge in [-0.1, -0.05) is 12.8 Å². The zero-order valence-electron chi connectivity index (χ0n) is 11.5. The quantitative estimate of drug-likeness (QED) is 0.781. The largest absolute Gasteiger partial charge is 0.391 e. The first-order valence-corrected chi connectivity index (χ1v) is 6.87. The highest BCUT2D eigenvalue weighted by Gasteiger charge is 2.24. The number of amides is 2. The average Bonchev–Trinajstić information content (AvgIpc) is 2.80. The van der Waals surface area contributed by atoms with Gasteiger partial charge in [-0.25, -0.2) is 9.48 Å². The molecule has 6 heteroatoms. The van der Waals surface area contributed by atoms with Crippen molar-refractivity contribution in [2.24, 2.45) is 0 Å². The van der Waals surface area contributed by atoms with Crippen LogP contribution in [0.5, 0.6) is 0 Å². The van der Waals surface area contributed by atoms with Crippen LogP contribution in [0.1, 0.15) is 45.6 Å². The van der Waals surface area contributed by atoms with Crippen molar-refractivity contribution in [1.82, 2.24) is 15.1 Å².